The molecule has 33 heavy (non-hydrogen) atoms. The molecule has 1 N–H and O–H groups in total. The Kier molecular flexibility index (Phi) is 6.71. The van der Waals surface area contributed by atoms with Gasteiger partial charge in [-0.3, -0.25) is 4.79 Å². The van der Waals surface area contributed by atoms with Crippen LogP contribution in [-0.2, 0) is 17.8 Å². The number of methoxy groups -OCH3 is 1. The third-order valence-corrected chi connectivity index (χ3v) is 4.81. The fraction of sp³-hybridized carbons (Fsp3) is 0.160. The van der Waals surface area contributed by atoms with Crippen molar-refractivity contribution in [2.45, 2.75) is 13.0 Å². The van der Waals surface area contributed by atoms with Crippen LogP contribution in [0.3, 0.4) is 0 Å². The number of carbonyl (C=O) groups excluding carboxylic acids is 1. The van der Waals surface area contributed by atoms with E-state index < -0.39 is 0 Å². The summed E-state index contributed by atoms with van der Waals surface area (Å²) in [4.78, 5) is 16.9. The molecule has 4 aromatic rings. The number of fused-ring (bicyclic) bond motifs is 1. The minimum Gasteiger partial charge on any atom is -0.493 e. The largest absolute Gasteiger partial charge is 0.493 e. The Bertz CT molecular complexity index is 1260. The molecule has 166 valence electrons. The topological polar surface area (TPSA) is 97.9 Å². The maximum absolute atomic E-state index is 12.3. The van der Waals surface area contributed by atoms with E-state index in [0.29, 0.717) is 29.4 Å². The first kappa shape index (κ1) is 21.7. The second-order valence-corrected chi connectivity index (χ2v) is 7.17. The molecule has 0 bridgehead atoms. The van der Waals surface area contributed by atoms with Crippen LogP contribution < -0.4 is 19.5 Å². The van der Waals surface area contributed by atoms with Gasteiger partial charge in [0.05, 0.1) is 25.3 Å². The molecule has 2 heterocycles. The summed E-state index contributed by atoms with van der Waals surface area (Å²) in [5, 5.41) is 11.5. The van der Waals surface area contributed by atoms with Gasteiger partial charge in [0, 0.05) is 24.1 Å². The molecule has 0 radical (unpaired) electrons. The number of carbonyl (C=O) groups is 1. The lowest BCUT2D eigenvalue weighted by atomic mass is 10.2. The van der Waals surface area contributed by atoms with Gasteiger partial charge in [-0.1, -0.05) is 18.2 Å². The summed E-state index contributed by atoms with van der Waals surface area (Å²) in [6.07, 6.45) is 4.16. The van der Waals surface area contributed by atoms with Crippen molar-refractivity contribution in [1.82, 2.24) is 9.38 Å². The fourth-order valence-electron chi connectivity index (χ4n) is 3.22. The molecular formula is C25H22N4O4. The predicted octanol–water partition coefficient (Wildman–Crippen LogP) is 4.01. The molecule has 2 aromatic heterocycles. The van der Waals surface area contributed by atoms with Crippen molar-refractivity contribution >= 4 is 17.2 Å². The maximum atomic E-state index is 12.3. The van der Waals surface area contributed by atoms with Crippen LogP contribution in [0.5, 0.6) is 17.2 Å². The van der Waals surface area contributed by atoms with E-state index >= 15 is 0 Å². The zero-order valence-electron chi connectivity index (χ0n) is 18.0. The summed E-state index contributed by atoms with van der Waals surface area (Å²) >= 11 is 0. The van der Waals surface area contributed by atoms with E-state index in [2.05, 4.69) is 16.4 Å². The standard InChI is InChI=1S/C25H22N4O4/c1-31-22-10-7-19(28-25(30)17-32-21-8-5-18(6-9-21)11-12-26)14-23(22)33-16-20-15-29-13-3-2-4-24(29)27-20/h2-10,13-15H,11,16-17H2,1H3,(H,28,30). The number of aromatic nitrogens is 2. The number of anilines is 1. The van der Waals surface area contributed by atoms with Crippen molar-refractivity contribution in [3.05, 3.63) is 84.3 Å². The van der Waals surface area contributed by atoms with Crippen LogP contribution in [0.15, 0.2) is 73.1 Å². The van der Waals surface area contributed by atoms with Gasteiger partial charge in [0.1, 0.15) is 18.0 Å². The number of amides is 1. The summed E-state index contributed by atoms with van der Waals surface area (Å²) in [5.41, 5.74) is 3.05. The zero-order valence-corrected chi connectivity index (χ0v) is 18.0. The number of pyridine rings is 1. The van der Waals surface area contributed by atoms with Crippen LogP contribution in [0.4, 0.5) is 5.69 Å². The lowest BCUT2D eigenvalue weighted by molar-refractivity contribution is -0.118. The Morgan fingerprint density at radius 3 is 2.70 bits per heavy atom. The van der Waals surface area contributed by atoms with Gasteiger partial charge in [-0.2, -0.15) is 5.26 Å². The molecule has 0 saturated heterocycles. The van der Waals surface area contributed by atoms with E-state index in [-0.39, 0.29) is 19.1 Å². The highest BCUT2D eigenvalue weighted by Crippen LogP contribution is 2.31. The van der Waals surface area contributed by atoms with Gasteiger partial charge in [0.15, 0.2) is 18.1 Å². The van der Waals surface area contributed by atoms with Gasteiger partial charge in [-0.25, -0.2) is 4.98 Å². The summed E-state index contributed by atoms with van der Waals surface area (Å²) < 4.78 is 18.7. The van der Waals surface area contributed by atoms with Crippen LogP contribution in [0.1, 0.15) is 11.3 Å². The number of imidazole rings is 1. The Morgan fingerprint density at radius 2 is 1.94 bits per heavy atom. The minimum absolute atomic E-state index is 0.152. The predicted molar refractivity (Wildman–Crippen MR) is 122 cm³/mol. The molecule has 0 aliphatic rings. The van der Waals surface area contributed by atoms with Crippen molar-refractivity contribution in [2.24, 2.45) is 0 Å². The Balaban J connectivity index is 1.36. The van der Waals surface area contributed by atoms with Crippen molar-refractivity contribution in [2.75, 3.05) is 19.0 Å². The molecule has 0 saturated carbocycles. The molecule has 0 unspecified atom stereocenters. The number of hydrogen-bond acceptors (Lipinski definition) is 6. The molecule has 4 rings (SSSR count). The highest BCUT2D eigenvalue weighted by Gasteiger charge is 2.11. The van der Waals surface area contributed by atoms with Gasteiger partial charge >= 0.3 is 0 Å². The van der Waals surface area contributed by atoms with Crippen molar-refractivity contribution in [3.63, 3.8) is 0 Å². The molecule has 0 atom stereocenters. The van der Waals surface area contributed by atoms with Gasteiger partial charge < -0.3 is 23.9 Å². The monoisotopic (exact) mass is 442 g/mol. The molecule has 2 aromatic carbocycles. The number of nitrogens with zero attached hydrogens (tertiary/aromatic N) is 3. The van der Waals surface area contributed by atoms with E-state index in [1.807, 2.05) is 35.0 Å². The summed E-state index contributed by atoms with van der Waals surface area (Å²) in [5.74, 6) is 1.28. The molecule has 0 fully saturated rings. The third-order valence-electron chi connectivity index (χ3n) is 4.81. The number of hydrogen-bond donors (Lipinski definition) is 1. The fourth-order valence-corrected chi connectivity index (χ4v) is 3.22. The van der Waals surface area contributed by atoms with E-state index in [1.165, 1.54) is 0 Å². The van der Waals surface area contributed by atoms with Crippen molar-refractivity contribution in [3.8, 4) is 23.3 Å². The highest BCUT2D eigenvalue weighted by atomic mass is 16.5. The normalized spacial score (nSPS) is 10.4. The average molecular weight is 442 g/mol. The second kappa shape index (κ2) is 10.2. The number of nitriles is 1. The van der Waals surface area contributed by atoms with E-state index in [0.717, 1.165) is 16.9 Å². The Morgan fingerprint density at radius 1 is 1.09 bits per heavy atom. The molecular weight excluding hydrogens is 420 g/mol. The van der Waals surface area contributed by atoms with Gasteiger partial charge in [-0.05, 0) is 42.0 Å². The first-order chi connectivity index (χ1) is 16.1. The van der Waals surface area contributed by atoms with E-state index in [9.17, 15) is 4.79 Å². The van der Waals surface area contributed by atoms with E-state index in [1.54, 1.807) is 49.6 Å². The average Bonchev–Trinajstić information content (AvgIpc) is 3.26. The minimum atomic E-state index is -0.312. The smallest absolute Gasteiger partial charge is 0.262 e. The summed E-state index contributed by atoms with van der Waals surface area (Å²) in [7, 11) is 1.56. The second-order valence-electron chi connectivity index (χ2n) is 7.17. The van der Waals surface area contributed by atoms with Crippen molar-refractivity contribution < 1.29 is 19.0 Å². The molecule has 0 spiro atoms. The third kappa shape index (κ3) is 5.60. The number of rotatable bonds is 9. The van der Waals surface area contributed by atoms with Crippen LogP contribution in [-0.4, -0.2) is 29.0 Å². The first-order valence-electron chi connectivity index (χ1n) is 10.3. The number of nitrogens with one attached hydrogen (secondary N) is 1. The highest BCUT2D eigenvalue weighted by molar-refractivity contribution is 5.92. The lowest BCUT2D eigenvalue weighted by Gasteiger charge is -2.13. The molecule has 1 amide bonds. The molecule has 8 heteroatoms. The number of ether oxygens (including phenoxy) is 3. The molecule has 0 aliphatic heterocycles. The van der Waals surface area contributed by atoms with Crippen LogP contribution in [0.2, 0.25) is 0 Å². The molecule has 8 nitrogen and oxygen atoms in total. The zero-order chi connectivity index (χ0) is 23.0. The lowest BCUT2D eigenvalue weighted by Crippen LogP contribution is -2.20. The van der Waals surface area contributed by atoms with Crippen LogP contribution >= 0.6 is 0 Å². The van der Waals surface area contributed by atoms with Crippen LogP contribution in [0, 0.1) is 11.3 Å². The SMILES string of the molecule is COc1ccc(NC(=O)COc2ccc(CC#N)cc2)cc1OCc1cn2ccccc2n1. The maximum Gasteiger partial charge on any atom is 0.262 e. The van der Waals surface area contributed by atoms with Gasteiger partial charge in [0.25, 0.3) is 5.91 Å². The van der Waals surface area contributed by atoms with Crippen LogP contribution in [0.25, 0.3) is 5.65 Å². The van der Waals surface area contributed by atoms with E-state index in [4.69, 9.17) is 19.5 Å². The van der Waals surface area contributed by atoms with Gasteiger partial charge in [0.2, 0.25) is 0 Å². The number of benzene rings is 2. The summed E-state index contributed by atoms with van der Waals surface area (Å²) in [6, 6.07) is 20.1. The van der Waals surface area contributed by atoms with Crippen molar-refractivity contribution in [1.29, 1.82) is 5.26 Å². The Hall–Kier alpha value is -4.51. The molecule has 0 aliphatic carbocycles. The Labute approximate surface area is 191 Å². The summed E-state index contributed by atoms with van der Waals surface area (Å²) in [6.45, 7) is 0.0986. The quantitative estimate of drug-likeness (QED) is 0.421. The first-order valence-corrected chi connectivity index (χ1v) is 10.3. The van der Waals surface area contributed by atoms with Gasteiger partial charge in [-0.15, -0.1) is 0 Å².